The largest absolute Gasteiger partial charge is 0.272 e. The lowest BCUT2D eigenvalue weighted by Crippen LogP contribution is -2.22. The summed E-state index contributed by atoms with van der Waals surface area (Å²) in [5.74, 6) is -0.0379. The summed E-state index contributed by atoms with van der Waals surface area (Å²) in [6.45, 7) is 0.432. The fraction of sp³-hybridized carbons (Fsp3) is 0.273. The number of hydrogen-bond donors (Lipinski definition) is 0. The van der Waals surface area contributed by atoms with Gasteiger partial charge in [0.05, 0.1) is 31.2 Å². The maximum Gasteiger partial charge on any atom is 0.253 e. The zero-order chi connectivity index (χ0) is 10.7. The quantitative estimate of drug-likeness (QED) is 0.728. The van der Waals surface area contributed by atoms with Crippen LogP contribution in [0.5, 0.6) is 0 Å². The summed E-state index contributed by atoms with van der Waals surface area (Å²) in [4.78, 5) is 16.6. The van der Waals surface area contributed by atoms with E-state index in [1.165, 1.54) is 5.06 Å². The molecule has 1 aromatic rings. The van der Waals surface area contributed by atoms with Gasteiger partial charge in [-0.05, 0) is 17.7 Å². The van der Waals surface area contributed by atoms with Gasteiger partial charge in [0, 0.05) is 0 Å². The van der Waals surface area contributed by atoms with Crippen molar-refractivity contribution in [3.8, 4) is 6.07 Å². The number of hydrogen-bond acceptors (Lipinski definition) is 3. The molecule has 76 valence electrons. The summed E-state index contributed by atoms with van der Waals surface area (Å²) in [5, 5.41) is 9.86. The number of benzene rings is 1. The van der Waals surface area contributed by atoms with Gasteiger partial charge >= 0.3 is 0 Å². The van der Waals surface area contributed by atoms with Crippen LogP contribution in [0, 0.1) is 11.3 Å². The van der Waals surface area contributed by atoms with Crippen LogP contribution >= 0.6 is 0 Å². The highest BCUT2D eigenvalue weighted by atomic mass is 16.7. The third-order valence-corrected chi connectivity index (χ3v) is 2.19. The van der Waals surface area contributed by atoms with Crippen LogP contribution in [0.4, 0.5) is 5.69 Å². The fourth-order valence-electron chi connectivity index (χ4n) is 1.50. The van der Waals surface area contributed by atoms with E-state index < -0.39 is 0 Å². The fourth-order valence-corrected chi connectivity index (χ4v) is 1.50. The van der Waals surface area contributed by atoms with Crippen LogP contribution < -0.4 is 5.06 Å². The van der Waals surface area contributed by atoms with Gasteiger partial charge in [-0.15, -0.1) is 0 Å². The molecule has 0 radical (unpaired) electrons. The molecule has 1 heterocycles. The van der Waals surface area contributed by atoms with Crippen molar-refractivity contribution >= 4 is 11.6 Å². The van der Waals surface area contributed by atoms with E-state index in [2.05, 4.69) is 6.07 Å². The predicted octanol–water partition coefficient (Wildman–Crippen LogP) is 1.42. The molecular formula is C11H10N2O2. The molecule has 0 aliphatic carbocycles. The van der Waals surface area contributed by atoms with E-state index in [4.69, 9.17) is 10.1 Å². The monoisotopic (exact) mass is 202 g/mol. The van der Waals surface area contributed by atoms with Crippen LogP contribution in [0.15, 0.2) is 24.3 Å². The van der Waals surface area contributed by atoms with Crippen LogP contribution in [-0.2, 0) is 16.1 Å². The van der Waals surface area contributed by atoms with Crippen molar-refractivity contribution in [3.63, 3.8) is 0 Å². The van der Waals surface area contributed by atoms with Crippen molar-refractivity contribution in [2.24, 2.45) is 0 Å². The van der Waals surface area contributed by atoms with E-state index in [0.717, 1.165) is 5.56 Å². The lowest BCUT2D eigenvalue weighted by molar-refractivity contribution is -0.119. The van der Waals surface area contributed by atoms with Crippen molar-refractivity contribution < 1.29 is 9.63 Å². The number of hydroxylamine groups is 1. The summed E-state index contributed by atoms with van der Waals surface area (Å²) < 4.78 is 0. The van der Waals surface area contributed by atoms with Crippen molar-refractivity contribution in [1.29, 1.82) is 5.26 Å². The molecule has 1 aliphatic heterocycles. The van der Waals surface area contributed by atoms with Gasteiger partial charge in [0.1, 0.15) is 0 Å². The van der Waals surface area contributed by atoms with E-state index in [1.54, 1.807) is 12.1 Å². The van der Waals surface area contributed by atoms with Crippen LogP contribution in [0.25, 0.3) is 0 Å². The highest BCUT2D eigenvalue weighted by Gasteiger charge is 2.23. The van der Waals surface area contributed by atoms with Gasteiger partial charge in [0.15, 0.2) is 0 Å². The van der Waals surface area contributed by atoms with Crippen molar-refractivity contribution in [2.75, 3.05) is 11.7 Å². The Morgan fingerprint density at radius 1 is 1.53 bits per heavy atom. The highest BCUT2D eigenvalue weighted by molar-refractivity contribution is 5.92. The number of anilines is 1. The molecule has 1 fully saturated rings. The molecule has 0 saturated carbocycles. The van der Waals surface area contributed by atoms with Crippen molar-refractivity contribution in [1.82, 2.24) is 0 Å². The van der Waals surface area contributed by atoms with E-state index >= 15 is 0 Å². The van der Waals surface area contributed by atoms with Crippen LogP contribution in [0.1, 0.15) is 12.0 Å². The average Bonchev–Trinajstić information content (AvgIpc) is 2.65. The Balaban J connectivity index is 2.25. The minimum Gasteiger partial charge on any atom is -0.272 e. The molecule has 4 nitrogen and oxygen atoms in total. The molecule has 1 amide bonds. The Hall–Kier alpha value is -1.86. The van der Waals surface area contributed by atoms with Crippen LogP contribution in [-0.4, -0.2) is 12.5 Å². The zero-order valence-corrected chi connectivity index (χ0v) is 8.14. The SMILES string of the molecule is N#CCc1cccc(N2OCCC2=O)c1. The third-order valence-electron chi connectivity index (χ3n) is 2.19. The van der Waals surface area contributed by atoms with Crippen molar-refractivity contribution in [2.45, 2.75) is 12.8 Å². The number of nitrogens with zero attached hydrogens (tertiary/aromatic N) is 2. The normalized spacial score (nSPS) is 15.4. The molecule has 0 N–H and O–H groups in total. The first kappa shape index (κ1) is 9.69. The second kappa shape index (κ2) is 4.11. The maximum absolute atomic E-state index is 11.4. The number of amides is 1. The Labute approximate surface area is 87.6 Å². The lowest BCUT2D eigenvalue weighted by atomic mass is 10.1. The van der Waals surface area contributed by atoms with Gasteiger partial charge in [-0.1, -0.05) is 12.1 Å². The number of nitriles is 1. The van der Waals surface area contributed by atoms with E-state index in [-0.39, 0.29) is 5.91 Å². The highest BCUT2D eigenvalue weighted by Crippen LogP contribution is 2.21. The first-order chi connectivity index (χ1) is 7.31. The Kier molecular flexibility index (Phi) is 2.66. The van der Waals surface area contributed by atoms with Gasteiger partial charge in [-0.2, -0.15) is 10.3 Å². The Bertz CT molecular complexity index is 423. The van der Waals surface area contributed by atoms with Gasteiger partial charge in [-0.3, -0.25) is 9.63 Å². The van der Waals surface area contributed by atoms with E-state index in [9.17, 15) is 4.79 Å². The molecule has 1 aliphatic rings. The van der Waals surface area contributed by atoms with Gasteiger partial charge in [0.2, 0.25) is 0 Å². The summed E-state index contributed by atoms with van der Waals surface area (Å²) in [5.41, 5.74) is 1.59. The molecular weight excluding hydrogens is 192 g/mol. The number of rotatable bonds is 2. The molecule has 15 heavy (non-hydrogen) atoms. The molecule has 2 rings (SSSR count). The average molecular weight is 202 g/mol. The van der Waals surface area contributed by atoms with E-state index in [1.807, 2.05) is 12.1 Å². The third kappa shape index (κ3) is 1.97. The Morgan fingerprint density at radius 3 is 3.07 bits per heavy atom. The summed E-state index contributed by atoms with van der Waals surface area (Å²) >= 11 is 0. The zero-order valence-electron chi connectivity index (χ0n) is 8.14. The summed E-state index contributed by atoms with van der Waals surface area (Å²) in [6.07, 6.45) is 0.762. The van der Waals surface area contributed by atoms with Gasteiger partial charge < -0.3 is 0 Å². The minimum atomic E-state index is -0.0379. The smallest absolute Gasteiger partial charge is 0.253 e. The molecule has 1 aromatic carbocycles. The van der Waals surface area contributed by atoms with Crippen LogP contribution in [0.3, 0.4) is 0 Å². The molecule has 0 atom stereocenters. The maximum atomic E-state index is 11.4. The number of carbonyl (C=O) groups is 1. The topological polar surface area (TPSA) is 53.3 Å². The van der Waals surface area contributed by atoms with Crippen LogP contribution in [0.2, 0.25) is 0 Å². The second-order valence-corrected chi connectivity index (χ2v) is 3.28. The predicted molar refractivity (Wildman–Crippen MR) is 53.8 cm³/mol. The first-order valence-corrected chi connectivity index (χ1v) is 4.73. The van der Waals surface area contributed by atoms with Crippen molar-refractivity contribution in [3.05, 3.63) is 29.8 Å². The molecule has 0 spiro atoms. The first-order valence-electron chi connectivity index (χ1n) is 4.73. The molecule has 0 aromatic heterocycles. The summed E-state index contributed by atoms with van der Waals surface area (Å²) in [6, 6.07) is 9.33. The van der Waals surface area contributed by atoms with Gasteiger partial charge in [-0.25, -0.2) is 0 Å². The minimum absolute atomic E-state index is 0.0379. The second-order valence-electron chi connectivity index (χ2n) is 3.28. The Morgan fingerprint density at radius 2 is 2.40 bits per heavy atom. The molecule has 0 unspecified atom stereocenters. The molecule has 0 bridgehead atoms. The number of carbonyl (C=O) groups excluding carboxylic acids is 1. The lowest BCUT2D eigenvalue weighted by Gasteiger charge is -2.14. The van der Waals surface area contributed by atoms with Gasteiger partial charge in [0.25, 0.3) is 5.91 Å². The summed E-state index contributed by atoms with van der Waals surface area (Å²) in [7, 11) is 0. The van der Waals surface area contributed by atoms with E-state index in [0.29, 0.717) is 25.1 Å². The molecule has 1 saturated heterocycles. The molecule has 4 heteroatoms. The standard InChI is InChI=1S/C11H10N2O2/c12-6-4-9-2-1-3-10(8-9)13-11(14)5-7-15-13/h1-3,8H,4-5,7H2.